The molecule has 0 radical (unpaired) electrons. The first-order chi connectivity index (χ1) is 7.88. The number of carbonyl (C=O) groups is 1. The summed E-state index contributed by atoms with van der Waals surface area (Å²) in [5, 5.41) is 0. The van der Waals surface area contributed by atoms with Crippen molar-refractivity contribution in [2.75, 3.05) is 13.1 Å². The molecule has 3 heteroatoms. The molecular weight excluding hydrogens is 212 g/mol. The molecule has 1 aliphatic rings. The van der Waals surface area contributed by atoms with Crippen LogP contribution in [-0.2, 0) is 4.79 Å². The summed E-state index contributed by atoms with van der Waals surface area (Å²) in [4.78, 5) is 14.4. The standard InChI is InChI=1S/C14H28N2O/c1-5-12(15)13(17)10-14(4)6-8-16(9-7-14)11(2)3/h11-12H,5-10,15H2,1-4H3. The number of hydrogen-bond donors (Lipinski definition) is 1. The lowest BCUT2D eigenvalue weighted by molar-refractivity contribution is -0.123. The molecule has 0 spiro atoms. The molecule has 1 saturated heterocycles. The minimum Gasteiger partial charge on any atom is -0.322 e. The molecule has 1 rings (SSSR count). The van der Waals surface area contributed by atoms with Crippen LogP contribution < -0.4 is 5.73 Å². The number of hydrogen-bond acceptors (Lipinski definition) is 3. The number of carbonyl (C=O) groups excluding carboxylic acids is 1. The van der Waals surface area contributed by atoms with E-state index in [4.69, 9.17) is 5.73 Å². The Hall–Kier alpha value is -0.410. The molecule has 3 nitrogen and oxygen atoms in total. The van der Waals surface area contributed by atoms with Crippen LogP contribution in [-0.4, -0.2) is 35.9 Å². The maximum atomic E-state index is 11.9. The minimum absolute atomic E-state index is 0.176. The van der Waals surface area contributed by atoms with E-state index in [9.17, 15) is 4.79 Å². The molecule has 0 amide bonds. The Morgan fingerprint density at radius 1 is 1.35 bits per heavy atom. The lowest BCUT2D eigenvalue weighted by Crippen LogP contribution is -2.44. The van der Waals surface area contributed by atoms with E-state index in [0.29, 0.717) is 12.5 Å². The van der Waals surface area contributed by atoms with Crippen LogP contribution in [0.4, 0.5) is 0 Å². The van der Waals surface area contributed by atoms with Crippen LogP contribution in [0.15, 0.2) is 0 Å². The van der Waals surface area contributed by atoms with Crippen LogP contribution in [0.1, 0.15) is 53.4 Å². The molecular formula is C14H28N2O. The van der Waals surface area contributed by atoms with Crippen molar-refractivity contribution >= 4 is 5.78 Å². The maximum absolute atomic E-state index is 11.9. The normalized spacial score (nSPS) is 22.7. The van der Waals surface area contributed by atoms with Gasteiger partial charge in [0.05, 0.1) is 6.04 Å². The van der Waals surface area contributed by atoms with E-state index < -0.39 is 0 Å². The second kappa shape index (κ2) is 5.96. The van der Waals surface area contributed by atoms with Gasteiger partial charge in [-0.15, -0.1) is 0 Å². The quantitative estimate of drug-likeness (QED) is 0.801. The minimum atomic E-state index is -0.255. The first-order valence-corrected chi connectivity index (χ1v) is 6.90. The second-order valence-corrected chi connectivity index (χ2v) is 6.10. The van der Waals surface area contributed by atoms with Gasteiger partial charge in [0.2, 0.25) is 0 Å². The Kier molecular flexibility index (Phi) is 5.14. The van der Waals surface area contributed by atoms with Gasteiger partial charge in [-0.1, -0.05) is 13.8 Å². The van der Waals surface area contributed by atoms with E-state index in [1.54, 1.807) is 0 Å². The Labute approximate surface area is 106 Å². The van der Waals surface area contributed by atoms with Crippen molar-refractivity contribution in [3.05, 3.63) is 0 Å². The van der Waals surface area contributed by atoms with Gasteiger partial charge in [0.15, 0.2) is 0 Å². The molecule has 1 unspecified atom stereocenters. The van der Waals surface area contributed by atoms with Gasteiger partial charge in [0, 0.05) is 12.5 Å². The Morgan fingerprint density at radius 3 is 2.29 bits per heavy atom. The Balaban J connectivity index is 2.47. The van der Waals surface area contributed by atoms with Crippen molar-refractivity contribution in [3.8, 4) is 0 Å². The summed E-state index contributed by atoms with van der Waals surface area (Å²) >= 11 is 0. The summed E-state index contributed by atoms with van der Waals surface area (Å²) in [6.07, 6.45) is 3.65. The van der Waals surface area contributed by atoms with Crippen molar-refractivity contribution < 1.29 is 4.79 Å². The average Bonchev–Trinajstić information content (AvgIpc) is 2.27. The number of piperidine rings is 1. The zero-order chi connectivity index (χ0) is 13.1. The lowest BCUT2D eigenvalue weighted by atomic mass is 9.75. The van der Waals surface area contributed by atoms with Crippen molar-refractivity contribution in [3.63, 3.8) is 0 Å². The molecule has 17 heavy (non-hydrogen) atoms. The first-order valence-electron chi connectivity index (χ1n) is 6.90. The summed E-state index contributed by atoms with van der Waals surface area (Å²) in [6.45, 7) is 10.9. The molecule has 0 aromatic rings. The van der Waals surface area contributed by atoms with Crippen molar-refractivity contribution in [2.24, 2.45) is 11.1 Å². The van der Waals surface area contributed by atoms with Gasteiger partial charge in [-0.25, -0.2) is 0 Å². The Bertz CT molecular complexity index is 255. The van der Waals surface area contributed by atoms with E-state index >= 15 is 0 Å². The smallest absolute Gasteiger partial charge is 0.150 e. The van der Waals surface area contributed by atoms with Crippen LogP contribution in [0.2, 0.25) is 0 Å². The number of ketones is 1. The van der Waals surface area contributed by atoms with Crippen LogP contribution in [0, 0.1) is 5.41 Å². The number of likely N-dealkylation sites (tertiary alicyclic amines) is 1. The summed E-state index contributed by atoms with van der Waals surface area (Å²) in [5.41, 5.74) is 5.98. The number of Topliss-reactive ketones (excluding diaryl/α,β-unsaturated/α-hetero) is 1. The largest absolute Gasteiger partial charge is 0.322 e. The van der Waals surface area contributed by atoms with Gasteiger partial charge in [-0.05, 0) is 51.6 Å². The van der Waals surface area contributed by atoms with E-state index in [1.165, 1.54) is 0 Å². The molecule has 0 aromatic heterocycles. The highest BCUT2D eigenvalue weighted by atomic mass is 16.1. The summed E-state index contributed by atoms with van der Waals surface area (Å²) in [6, 6.07) is 0.364. The zero-order valence-corrected chi connectivity index (χ0v) is 11.8. The average molecular weight is 240 g/mol. The van der Waals surface area contributed by atoms with Crippen LogP contribution in [0.25, 0.3) is 0 Å². The van der Waals surface area contributed by atoms with Crippen LogP contribution >= 0.6 is 0 Å². The molecule has 0 saturated carbocycles. The zero-order valence-electron chi connectivity index (χ0n) is 11.8. The molecule has 0 aromatic carbocycles. The molecule has 1 fully saturated rings. The van der Waals surface area contributed by atoms with Gasteiger partial charge < -0.3 is 10.6 Å². The molecule has 0 bridgehead atoms. The number of rotatable bonds is 5. The second-order valence-electron chi connectivity index (χ2n) is 6.10. The topological polar surface area (TPSA) is 46.3 Å². The fourth-order valence-corrected chi connectivity index (χ4v) is 2.54. The van der Waals surface area contributed by atoms with E-state index in [0.717, 1.165) is 32.4 Å². The summed E-state index contributed by atoms with van der Waals surface area (Å²) < 4.78 is 0. The van der Waals surface area contributed by atoms with E-state index in [-0.39, 0.29) is 17.2 Å². The molecule has 2 N–H and O–H groups in total. The summed E-state index contributed by atoms with van der Waals surface area (Å²) in [5.74, 6) is 0.244. The van der Waals surface area contributed by atoms with Gasteiger partial charge in [0.1, 0.15) is 5.78 Å². The Morgan fingerprint density at radius 2 is 1.88 bits per heavy atom. The lowest BCUT2D eigenvalue weighted by Gasteiger charge is -2.41. The fraction of sp³-hybridized carbons (Fsp3) is 0.929. The van der Waals surface area contributed by atoms with Gasteiger partial charge in [-0.2, -0.15) is 0 Å². The third-order valence-electron chi connectivity index (χ3n) is 4.19. The van der Waals surface area contributed by atoms with Crippen LogP contribution in [0.5, 0.6) is 0 Å². The number of nitrogens with zero attached hydrogens (tertiary/aromatic N) is 1. The van der Waals surface area contributed by atoms with Gasteiger partial charge >= 0.3 is 0 Å². The SMILES string of the molecule is CCC(N)C(=O)CC1(C)CCN(C(C)C)CC1. The molecule has 1 heterocycles. The highest BCUT2D eigenvalue weighted by Crippen LogP contribution is 2.35. The summed E-state index contributed by atoms with van der Waals surface area (Å²) in [7, 11) is 0. The monoisotopic (exact) mass is 240 g/mol. The van der Waals surface area contributed by atoms with Crippen molar-refractivity contribution in [2.45, 2.75) is 65.5 Å². The third kappa shape index (κ3) is 4.07. The van der Waals surface area contributed by atoms with Crippen molar-refractivity contribution in [1.29, 1.82) is 0 Å². The predicted molar refractivity (Wildman–Crippen MR) is 71.9 cm³/mol. The fourth-order valence-electron chi connectivity index (χ4n) is 2.54. The third-order valence-corrected chi connectivity index (χ3v) is 4.19. The molecule has 1 aliphatic heterocycles. The van der Waals surface area contributed by atoms with Crippen molar-refractivity contribution in [1.82, 2.24) is 4.90 Å². The van der Waals surface area contributed by atoms with E-state index in [2.05, 4.69) is 25.7 Å². The predicted octanol–water partition coefficient (Wildman–Crippen LogP) is 2.19. The molecule has 0 aliphatic carbocycles. The first kappa shape index (κ1) is 14.7. The van der Waals surface area contributed by atoms with E-state index in [1.807, 2.05) is 6.92 Å². The van der Waals surface area contributed by atoms with Crippen LogP contribution in [0.3, 0.4) is 0 Å². The molecule has 100 valence electrons. The number of nitrogens with two attached hydrogens (primary N) is 1. The highest BCUT2D eigenvalue weighted by molar-refractivity contribution is 5.84. The van der Waals surface area contributed by atoms with Gasteiger partial charge in [-0.3, -0.25) is 4.79 Å². The molecule has 1 atom stereocenters. The maximum Gasteiger partial charge on any atom is 0.150 e. The van der Waals surface area contributed by atoms with Gasteiger partial charge in [0.25, 0.3) is 0 Å². The highest BCUT2D eigenvalue weighted by Gasteiger charge is 2.33.